The maximum Gasteiger partial charge on any atom is 0.355 e. The van der Waals surface area contributed by atoms with Gasteiger partial charge < -0.3 is 10.4 Å². The van der Waals surface area contributed by atoms with Crippen LogP contribution in [0.2, 0.25) is 0 Å². The number of aryl methyl sites for hydroxylation is 1. The minimum Gasteiger partial charge on any atom is -0.476 e. The molecule has 1 saturated carbocycles. The Morgan fingerprint density at radius 1 is 1.69 bits per heavy atom. The van der Waals surface area contributed by atoms with Crippen LogP contribution in [0, 0.1) is 18.8 Å². The molecule has 1 aliphatic carbocycles. The van der Waals surface area contributed by atoms with E-state index in [-0.39, 0.29) is 5.69 Å². The fourth-order valence-corrected chi connectivity index (χ4v) is 2.56. The highest BCUT2D eigenvalue weighted by Gasteiger charge is 2.27. The predicted octanol–water partition coefficient (Wildman–Crippen LogP) is 2.61. The van der Waals surface area contributed by atoms with Gasteiger partial charge in [0.1, 0.15) is 0 Å². The third-order valence-corrected chi connectivity index (χ3v) is 3.93. The number of nitrogens with zero attached hydrogens (tertiary/aromatic N) is 1. The van der Waals surface area contributed by atoms with Gasteiger partial charge in [0.15, 0.2) is 10.8 Å². The average molecular weight is 240 g/mol. The van der Waals surface area contributed by atoms with Crippen molar-refractivity contribution in [3.8, 4) is 0 Å². The van der Waals surface area contributed by atoms with E-state index in [1.165, 1.54) is 24.2 Å². The molecule has 4 nitrogen and oxygen atoms in total. The molecular formula is C11H16N2O2S. The molecule has 0 aliphatic heterocycles. The molecule has 1 atom stereocenters. The summed E-state index contributed by atoms with van der Waals surface area (Å²) in [6.45, 7) is 4.90. The quantitative estimate of drug-likeness (QED) is 0.830. The van der Waals surface area contributed by atoms with Gasteiger partial charge in [0.05, 0.1) is 0 Å². The van der Waals surface area contributed by atoms with E-state index in [4.69, 9.17) is 5.11 Å². The van der Waals surface area contributed by atoms with Crippen molar-refractivity contribution >= 4 is 22.4 Å². The molecule has 0 saturated heterocycles. The van der Waals surface area contributed by atoms with E-state index in [2.05, 4.69) is 17.2 Å². The van der Waals surface area contributed by atoms with Gasteiger partial charge >= 0.3 is 5.97 Å². The second-order valence-electron chi connectivity index (χ2n) is 4.42. The summed E-state index contributed by atoms with van der Waals surface area (Å²) in [7, 11) is 0. The van der Waals surface area contributed by atoms with E-state index in [1.807, 2.05) is 0 Å². The SMILES string of the molecule is Cc1sc(NCC(C)C2CC2)nc1C(=O)O. The molecule has 0 spiro atoms. The van der Waals surface area contributed by atoms with Crippen molar-refractivity contribution in [1.82, 2.24) is 4.98 Å². The summed E-state index contributed by atoms with van der Waals surface area (Å²) in [4.78, 5) is 15.6. The minimum atomic E-state index is -0.947. The number of carbonyl (C=O) groups is 1. The lowest BCUT2D eigenvalue weighted by molar-refractivity contribution is 0.0690. The molecule has 1 unspecified atom stereocenters. The lowest BCUT2D eigenvalue weighted by atomic mass is 10.1. The molecule has 0 bridgehead atoms. The van der Waals surface area contributed by atoms with Gasteiger partial charge in [-0.15, -0.1) is 11.3 Å². The molecule has 88 valence electrons. The van der Waals surface area contributed by atoms with Crippen molar-refractivity contribution in [2.75, 3.05) is 11.9 Å². The highest BCUT2D eigenvalue weighted by molar-refractivity contribution is 7.15. The average Bonchev–Trinajstić information content (AvgIpc) is 2.99. The van der Waals surface area contributed by atoms with Gasteiger partial charge in [0.25, 0.3) is 0 Å². The van der Waals surface area contributed by atoms with Gasteiger partial charge in [-0.2, -0.15) is 0 Å². The predicted molar refractivity (Wildman–Crippen MR) is 64.2 cm³/mol. The van der Waals surface area contributed by atoms with E-state index in [1.54, 1.807) is 6.92 Å². The van der Waals surface area contributed by atoms with E-state index in [0.717, 1.165) is 22.5 Å². The smallest absolute Gasteiger partial charge is 0.355 e. The largest absolute Gasteiger partial charge is 0.476 e. The van der Waals surface area contributed by atoms with Gasteiger partial charge in [-0.3, -0.25) is 0 Å². The molecule has 0 radical (unpaired) electrons. The Morgan fingerprint density at radius 3 is 2.88 bits per heavy atom. The summed E-state index contributed by atoms with van der Waals surface area (Å²) in [5.41, 5.74) is 0.173. The molecule has 2 N–H and O–H groups in total. The Labute approximate surface area is 98.7 Å². The molecule has 1 aromatic rings. The molecule has 16 heavy (non-hydrogen) atoms. The minimum absolute atomic E-state index is 0.173. The molecule has 2 rings (SSSR count). The van der Waals surface area contributed by atoms with E-state index < -0.39 is 5.97 Å². The lowest BCUT2D eigenvalue weighted by Crippen LogP contribution is -2.12. The van der Waals surface area contributed by atoms with Crippen molar-refractivity contribution in [3.05, 3.63) is 10.6 Å². The van der Waals surface area contributed by atoms with Crippen LogP contribution in [-0.4, -0.2) is 22.6 Å². The Bertz CT molecular complexity index is 399. The standard InChI is InChI=1S/C11H16N2O2S/c1-6(8-3-4-8)5-12-11-13-9(10(14)15)7(2)16-11/h6,8H,3-5H2,1-2H3,(H,12,13)(H,14,15). The number of carboxylic acid groups (broad SMARTS) is 1. The van der Waals surface area contributed by atoms with E-state index in [0.29, 0.717) is 5.92 Å². The fraction of sp³-hybridized carbons (Fsp3) is 0.636. The first-order valence-corrected chi connectivity index (χ1v) is 6.34. The maximum atomic E-state index is 10.8. The Morgan fingerprint density at radius 2 is 2.38 bits per heavy atom. The van der Waals surface area contributed by atoms with Gasteiger partial charge in [-0.25, -0.2) is 9.78 Å². The topological polar surface area (TPSA) is 62.2 Å². The van der Waals surface area contributed by atoms with Crippen LogP contribution in [0.25, 0.3) is 0 Å². The number of aromatic nitrogens is 1. The summed E-state index contributed by atoms with van der Waals surface area (Å²) in [5, 5.41) is 12.8. The second kappa shape index (κ2) is 4.41. The van der Waals surface area contributed by atoms with Crippen LogP contribution >= 0.6 is 11.3 Å². The van der Waals surface area contributed by atoms with Crippen molar-refractivity contribution in [2.45, 2.75) is 26.7 Å². The molecular weight excluding hydrogens is 224 g/mol. The second-order valence-corrected chi connectivity index (χ2v) is 5.63. The van der Waals surface area contributed by atoms with Crippen LogP contribution in [0.3, 0.4) is 0 Å². The van der Waals surface area contributed by atoms with Crippen molar-refractivity contribution in [2.24, 2.45) is 11.8 Å². The number of hydrogen-bond donors (Lipinski definition) is 2. The number of anilines is 1. The Balaban J connectivity index is 1.93. The lowest BCUT2D eigenvalue weighted by Gasteiger charge is -2.09. The summed E-state index contributed by atoms with van der Waals surface area (Å²) in [6, 6.07) is 0. The zero-order valence-electron chi connectivity index (χ0n) is 9.49. The molecule has 0 aromatic carbocycles. The van der Waals surface area contributed by atoms with Gasteiger partial charge in [0.2, 0.25) is 0 Å². The highest BCUT2D eigenvalue weighted by atomic mass is 32.1. The Hall–Kier alpha value is -1.10. The summed E-state index contributed by atoms with van der Waals surface area (Å²) in [5.74, 6) is 0.557. The molecule has 0 amide bonds. The number of carboxylic acids is 1. The zero-order chi connectivity index (χ0) is 11.7. The van der Waals surface area contributed by atoms with Gasteiger partial charge in [-0.05, 0) is 31.6 Å². The molecule has 5 heteroatoms. The first-order valence-electron chi connectivity index (χ1n) is 5.52. The van der Waals surface area contributed by atoms with Crippen molar-refractivity contribution in [1.29, 1.82) is 0 Å². The summed E-state index contributed by atoms with van der Waals surface area (Å²) in [6.07, 6.45) is 2.67. The van der Waals surface area contributed by atoms with Crippen LogP contribution in [-0.2, 0) is 0 Å². The van der Waals surface area contributed by atoms with E-state index >= 15 is 0 Å². The summed E-state index contributed by atoms with van der Waals surface area (Å²) < 4.78 is 0. The van der Waals surface area contributed by atoms with Crippen LogP contribution in [0.5, 0.6) is 0 Å². The van der Waals surface area contributed by atoms with Crippen LogP contribution < -0.4 is 5.32 Å². The Kier molecular flexibility index (Phi) is 3.14. The van der Waals surface area contributed by atoms with Crippen LogP contribution in [0.15, 0.2) is 0 Å². The number of aromatic carboxylic acids is 1. The zero-order valence-corrected chi connectivity index (χ0v) is 10.3. The molecule has 1 fully saturated rings. The fourth-order valence-electron chi connectivity index (χ4n) is 1.75. The monoisotopic (exact) mass is 240 g/mol. The van der Waals surface area contributed by atoms with Crippen molar-refractivity contribution < 1.29 is 9.90 Å². The number of nitrogens with one attached hydrogen (secondary N) is 1. The molecule has 1 heterocycles. The third-order valence-electron chi connectivity index (χ3n) is 3.00. The van der Waals surface area contributed by atoms with Gasteiger partial charge in [-0.1, -0.05) is 6.92 Å². The first kappa shape index (κ1) is 11.4. The maximum absolute atomic E-state index is 10.8. The first-order chi connectivity index (χ1) is 7.58. The molecule has 1 aromatic heterocycles. The van der Waals surface area contributed by atoms with Crippen LogP contribution in [0.4, 0.5) is 5.13 Å². The van der Waals surface area contributed by atoms with Crippen molar-refractivity contribution in [3.63, 3.8) is 0 Å². The number of rotatable bonds is 5. The van der Waals surface area contributed by atoms with Crippen LogP contribution in [0.1, 0.15) is 35.1 Å². The van der Waals surface area contributed by atoms with Gasteiger partial charge in [0, 0.05) is 11.4 Å². The molecule has 1 aliphatic rings. The normalized spacial score (nSPS) is 17.1. The van der Waals surface area contributed by atoms with E-state index in [9.17, 15) is 4.79 Å². The summed E-state index contributed by atoms with van der Waals surface area (Å²) >= 11 is 1.41. The number of thiazole rings is 1. The highest BCUT2D eigenvalue weighted by Crippen LogP contribution is 2.36. The third kappa shape index (κ3) is 2.52. The number of hydrogen-bond acceptors (Lipinski definition) is 4.